The van der Waals surface area contributed by atoms with E-state index in [1.807, 2.05) is 0 Å². The van der Waals surface area contributed by atoms with E-state index < -0.39 is 0 Å². The summed E-state index contributed by atoms with van der Waals surface area (Å²) < 4.78 is 0.843. The van der Waals surface area contributed by atoms with Gasteiger partial charge in [0, 0.05) is 28.0 Å². The monoisotopic (exact) mass is 428 g/mol. The van der Waals surface area contributed by atoms with Crippen molar-refractivity contribution >= 4 is 56.6 Å². The molecule has 0 radical (unpaired) electrons. The molecule has 0 saturated heterocycles. The fourth-order valence-electron chi connectivity index (χ4n) is 1.96. The molecule has 2 aromatic carbocycles. The second-order valence-electron chi connectivity index (χ2n) is 5.04. The molecule has 0 aliphatic heterocycles. The molecule has 0 aromatic heterocycles. The van der Waals surface area contributed by atoms with Gasteiger partial charge in [0.2, 0.25) is 5.91 Å². The van der Waals surface area contributed by atoms with Crippen molar-refractivity contribution in [2.75, 3.05) is 11.9 Å². The summed E-state index contributed by atoms with van der Waals surface area (Å²) >= 11 is 15.1. The fraction of sp³-hybridized carbons (Fsp3) is 0.176. The highest BCUT2D eigenvalue weighted by atomic mass is 79.9. The van der Waals surface area contributed by atoms with Crippen LogP contribution < -0.4 is 10.6 Å². The minimum Gasteiger partial charge on any atom is -0.352 e. The zero-order valence-electron chi connectivity index (χ0n) is 12.6. The van der Waals surface area contributed by atoms with Gasteiger partial charge in [0.25, 0.3) is 5.91 Å². The summed E-state index contributed by atoms with van der Waals surface area (Å²) in [5.74, 6) is -0.344. The Balaban J connectivity index is 1.72. The van der Waals surface area contributed by atoms with Gasteiger partial charge >= 0.3 is 0 Å². The second-order valence-corrected chi connectivity index (χ2v) is 6.80. The lowest BCUT2D eigenvalue weighted by atomic mass is 10.2. The van der Waals surface area contributed by atoms with Crippen molar-refractivity contribution in [2.24, 2.45) is 0 Å². The summed E-state index contributed by atoms with van der Waals surface area (Å²) in [5, 5.41) is 6.55. The Morgan fingerprint density at radius 1 is 1.04 bits per heavy atom. The summed E-state index contributed by atoms with van der Waals surface area (Å²) in [4.78, 5) is 23.8. The van der Waals surface area contributed by atoms with E-state index in [4.69, 9.17) is 23.2 Å². The first-order chi connectivity index (χ1) is 11.5. The van der Waals surface area contributed by atoms with Crippen LogP contribution in [0, 0.1) is 0 Å². The van der Waals surface area contributed by atoms with Crippen LogP contribution in [0.5, 0.6) is 0 Å². The first-order valence-electron chi connectivity index (χ1n) is 7.24. The molecule has 0 aliphatic rings. The highest BCUT2D eigenvalue weighted by molar-refractivity contribution is 9.10. The van der Waals surface area contributed by atoms with Gasteiger partial charge in [-0.25, -0.2) is 0 Å². The van der Waals surface area contributed by atoms with Crippen LogP contribution in [0.15, 0.2) is 46.9 Å². The second kappa shape index (κ2) is 9.06. The van der Waals surface area contributed by atoms with Crippen LogP contribution in [-0.2, 0) is 4.79 Å². The van der Waals surface area contributed by atoms with E-state index in [-0.39, 0.29) is 18.2 Å². The van der Waals surface area contributed by atoms with E-state index in [1.54, 1.807) is 42.5 Å². The molecule has 0 unspecified atom stereocenters. The summed E-state index contributed by atoms with van der Waals surface area (Å²) in [6.45, 7) is 0.406. The number of hydrogen-bond acceptors (Lipinski definition) is 2. The van der Waals surface area contributed by atoms with Crippen molar-refractivity contribution < 1.29 is 9.59 Å². The van der Waals surface area contributed by atoms with Gasteiger partial charge in [-0.3, -0.25) is 9.59 Å². The molecular weight excluding hydrogens is 415 g/mol. The number of nitrogens with one attached hydrogen (secondary N) is 2. The molecule has 0 fully saturated rings. The van der Waals surface area contributed by atoms with E-state index in [2.05, 4.69) is 26.6 Å². The van der Waals surface area contributed by atoms with Crippen molar-refractivity contribution in [3.8, 4) is 0 Å². The summed E-state index contributed by atoms with van der Waals surface area (Å²) in [7, 11) is 0. The van der Waals surface area contributed by atoms with Gasteiger partial charge in [0.05, 0.1) is 10.7 Å². The lowest BCUT2D eigenvalue weighted by molar-refractivity contribution is -0.116. The maximum atomic E-state index is 11.9. The predicted molar refractivity (Wildman–Crippen MR) is 101 cm³/mol. The van der Waals surface area contributed by atoms with Crippen molar-refractivity contribution in [3.05, 3.63) is 62.5 Å². The Kier molecular flexibility index (Phi) is 7.09. The molecule has 0 bridgehead atoms. The highest BCUT2D eigenvalue weighted by Crippen LogP contribution is 2.25. The molecular formula is C17H15BrCl2N2O2. The van der Waals surface area contributed by atoms with Crippen LogP contribution in [-0.4, -0.2) is 18.4 Å². The van der Waals surface area contributed by atoms with Crippen LogP contribution in [0.2, 0.25) is 10.0 Å². The van der Waals surface area contributed by atoms with Gasteiger partial charge in [-0.1, -0.05) is 39.1 Å². The lowest BCUT2D eigenvalue weighted by Gasteiger charge is -2.08. The molecule has 0 heterocycles. The predicted octanol–water partition coefficient (Wildman–Crippen LogP) is 4.90. The van der Waals surface area contributed by atoms with E-state index in [0.717, 1.165) is 4.47 Å². The maximum absolute atomic E-state index is 11.9. The van der Waals surface area contributed by atoms with Crippen molar-refractivity contribution in [2.45, 2.75) is 12.8 Å². The number of benzene rings is 2. The Morgan fingerprint density at radius 2 is 1.75 bits per heavy atom. The summed E-state index contributed by atoms with van der Waals surface area (Å²) in [6, 6.07) is 11.9. The zero-order valence-corrected chi connectivity index (χ0v) is 15.7. The molecule has 0 atom stereocenters. The maximum Gasteiger partial charge on any atom is 0.251 e. The molecule has 2 aromatic rings. The molecule has 2 N–H and O–H groups in total. The molecule has 0 aliphatic carbocycles. The number of amides is 2. The number of carbonyl (C=O) groups is 2. The van der Waals surface area contributed by atoms with Gasteiger partial charge in [-0.2, -0.15) is 0 Å². The zero-order chi connectivity index (χ0) is 17.5. The third-order valence-corrected chi connectivity index (χ3v) is 4.24. The lowest BCUT2D eigenvalue weighted by Crippen LogP contribution is -2.25. The van der Waals surface area contributed by atoms with E-state index >= 15 is 0 Å². The molecule has 126 valence electrons. The van der Waals surface area contributed by atoms with Gasteiger partial charge in [0.15, 0.2) is 0 Å². The van der Waals surface area contributed by atoms with Gasteiger partial charge < -0.3 is 10.6 Å². The van der Waals surface area contributed by atoms with Crippen LogP contribution >= 0.6 is 39.1 Å². The molecule has 4 nitrogen and oxygen atoms in total. The van der Waals surface area contributed by atoms with Crippen LogP contribution in [0.4, 0.5) is 5.69 Å². The average molecular weight is 430 g/mol. The number of hydrogen-bond donors (Lipinski definition) is 2. The number of rotatable bonds is 6. The topological polar surface area (TPSA) is 58.2 Å². The number of carbonyl (C=O) groups excluding carboxylic acids is 2. The summed E-state index contributed by atoms with van der Waals surface area (Å²) in [6.07, 6.45) is 0.812. The average Bonchev–Trinajstić information content (AvgIpc) is 2.55. The minimum absolute atomic E-state index is 0.153. The van der Waals surface area contributed by atoms with E-state index in [1.165, 1.54) is 0 Å². The van der Waals surface area contributed by atoms with Crippen LogP contribution in [0.25, 0.3) is 0 Å². The van der Waals surface area contributed by atoms with E-state index in [9.17, 15) is 9.59 Å². The van der Waals surface area contributed by atoms with Crippen molar-refractivity contribution in [3.63, 3.8) is 0 Å². The highest BCUT2D eigenvalue weighted by Gasteiger charge is 2.08. The van der Waals surface area contributed by atoms with Gasteiger partial charge in [0.1, 0.15) is 0 Å². The molecule has 2 amide bonds. The molecule has 24 heavy (non-hydrogen) atoms. The van der Waals surface area contributed by atoms with Crippen LogP contribution in [0.3, 0.4) is 0 Å². The molecule has 7 heteroatoms. The molecule has 2 rings (SSSR count). The third kappa shape index (κ3) is 5.82. The third-order valence-electron chi connectivity index (χ3n) is 3.18. The summed E-state index contributed by atoms with van der Waals surface area (Å²) in [5.41, 5.74) is 1.10. The van der Waals surface area contributed by atoms with Crippen LogP contribution in [0.1, 0.15) is 23.2 Å². The van der Waals surface area contributed by atoms with Gasteiger partial charge in [-0.05, 0) is 48.9 Å². The minimum atomic E-state index is -0.192. The Bertz CT molecular complexity index is 736. The largest absolute Gasteiger partial charge is 0.352 e. The quantitative estimate of drug-likeness (QED) is 0.641. The van der Waals surface area contributed by atoms with E-state index in [0.29, 0.717) is 34.3 Å². The normalized spacial score (nSPS) is 10.3. The smallest absolute Gasteiger partial charge is 0.251 e. The van der Waals surface area contributed by atoms with Crippen molar-refractivity contribution in [1.82, 2.24) is 5.32 Å². The Hall–Kier alpha value is -1.56. The Labute approximate surface area is 158 Å². The number of anilines is 1. The molecule has 0 saturated carbocycles. The molecule has 0 spiro atoms. The first kappa shape index (κ1) is 18.8. The SMILES string of the molecule is O=C(CCCNC(=O)c1ccc(Cl)cc1)Nc1ccc(Br)cc1Cl. The first-order valence-corrected chi connectivity index (χ1v) is 8.79. The van der Waals surface area contributed by atoms with Crippen molar-refractivity contribution in [1.29, 1.82) is 0 Å². The van der Waals surface area contributed by atoms with Gasteiger partial charge in [-0.15, -0.1) is 0 Å². The standard InChI is InChI=1S/C17H15BrCl2N2O2/c18-12-5-8-15(14(20)10-12)22-16(23)2-1-9-21-17(24)11-3-6-13(19)7-4-11/h3-8,10H,1-2,9H2,(H,21,24)(H,22,23). The fourth-order valence-corrected chi connectivity index (χ4v) is 2.80. The Morgan fingerprint density at radius 3 is 2.42 bits per heavy atom. The number of halogens is 3.